The molecule has 1 unspecified atom stereocenters. The zero-order valence-corrected chi connectivity index (χ0v) is 11.1. The van der Waals surface area contributed by atoms with Gasteiger partial charge in [-0.3, -0.25) is 0 Å². The Hall–Kier alpha value is -1.26. The van der Waals surface area contributed by atoms with Gasteiger partial charge in [-0.1, -0.05) is 13.8 Å². The fraction of sp³-hybridized carbons (Fsp3) is 0.286. The zero-order chi connectivity index (χ0) is 13.3. The van der Waals surface area contributed by atoms with Crippen LogP contribution in [0, 0.1) is 17.6 Å². The molecule has 0 aliphatic carbocycles. The van der Waals surface area contributed by atoms with Crippen molar-refractivity contribution in [2.75, 3.05) is 0 Å². The first kappa shape index (κ1) is 13.2. The number of nitrogens with two attached hydrogens (primary N) is 1. The molecule has 18 heavy (non-hydrogen) atoms. The van der Waals surface area contributed by atoms with Crippen LogP contribution in [0.5, 0.6) is 0 Å². The summed E-state index contributed by atoms with van der Waals surface area (Å²) in [5, 5.41) is 0. The molecule has 1 aromatic carbocycles. The third-order valence-corrected chi connectivity index (χ3v) is 4.09. The van der Waals surface area contributed by atoms with E-state index in [1.807, 2.05) is 26.0 Å². The molecular formula is C14H15F2NS. The molecule has 0 saturated carbocycles. The normalized spacial score (nSPS) is 13.0. The smallest absolute Gasteiger partial charge is 0.134 e. The first-order chi connectivity index (χ1) is 8.49. The predicted octanol–water partition coefficient (Wildman–Crippen LogP) is 4.35. The lowest BCUT2D eigenvalue weighted by atomic mass is 10.0. The van der Waals surface area contributed by atoms with Gasteiger partial charge in [0.2, 0.25) is 0 Å². The van der Waals surface area contributed by atoms with Crippen LogP contribution in [0.15, 0.2) is 30.3 Å². The molecule has 4 heteroatoms. The van der Waals surface area contributed by atoms with Gasteiger partial charge in [-0.05, 0) is 30.2 Å². The first-order valence-corrected chi connectivity index (χ1v) is 6.61. The Balaban J connectivity index is 2.35. The van der Waals surface area contributed by atoms with E-state index in [1.54, 1.807) is 0 Å². The minimum Gasteiger partial charge on any atom is -0.323 e. The molecule has 0 spiro atoms. The average Bonchev–Trinajstić information content (AvgIpc) is 2.77. The largest absolute Gasteiger partial charge is 0.323 e. The Morgan fingerprint density at radius 3 is 2.44 bits per heavy atom. The highest BCUT2D eigenvalue weighted by atomic mass is 32.1. The summed E-state index contributed by atoms with van der Waals surface area (Å²) >= 11 is 1.45. The van der Waals surface area contributed by atoms with E-state index in [0.29, 0.717) is 11.5 Å². The van der Waals surface area contributed by atoms with Gasteiger partial charge in [0.25, 0.3) is 0 Å². The second-order valence-corrected chi connectivity index (χ2v) is 5.71. The Kier molecular flexibility index (Phi) is 3.78. The number of hydrogen-bond acceptors (Lipinski definition) is 2. The third-order valence-electron chi connectivity index (χ3n) is 2.87. The van der Waals surface area contributed by atoms with E-state index in [0.717, 1.165) is 15.8 Å². The lowest BCUT2D eigenvalue weighted by molar-refractivity contribution is 0.521. The lowest BCUT2D eigenvalue weighted by Crippen LogP contribution is -2.14. The molecule has 0 aliphatic rings. The molecule has 96 valence electrons. The van der Waals surface area contributed by atoms with Crippen LogP contribution >= 0.6 is 11.3 Å². The predicted molar refractivity (Wildman–Crippen MR) is 71.4 cm³/mol. The van der Waals surface area contributed by atoms with Crippen LogP contribution < -0.4 is 5.73 Å². The van der Waals surface area contributed by atoms with E-state index < -0.39 is 11.6 Å². The molecule has 1 aromatic heterocycles. The summed E-state index contributed by atoms with van der Waals surface area (Å²) in [5.74, 6) is -0.775. The van der Waals surface area contributed by atoms with Crippen LogP contribution in [0.2, 0.25) is 0 Å². The van der Waals surface area contributed by atoms with Crippen molar-refractivity contribution in [1.82, 2.24) is 0 Å². The van der Waals surface area contributed by atoms with Crippen molar-refractivity contribution in [2.45, 2.75) is 19.9 Å². The van der Waals surface area contributed by atoms with Gasteiger partial charge in [-0.25, -0.2) is 8.78 Å². The summed E-state index contributed by atoms with van der Waals surface area (Å²) < 4.78 is 26.5. The Morgan fingerprint density at radius 1 is 1.11 bits per heavy atom. The quantitative estimate of drug-likeness (QED) is 0.879. The molecule has 0 fully saturated rings. The maximum Gasteiger partial charge on any atom is 0.134 e. The SMILES string of the molecule is CC(C)C(N)c1ccc(-c2ccc(F)cc2F)s1. The minimum atomic E-state index is -0.563. The molecule has 2 rings (SSSR count). The second-order valence-electron chi connectivity index (χ2n) is 4.60. The minimum absolute atomic E-state index is 0.0488. The van der Waals surface area contributed by atoms with Crippen molar-refractivity contribution in [3.63, 3.8) is 0 Å². The Labute approximate surface area is 109 Å². The number of halogens is 2. The van der Waals surface area contributed by atoms with Gasteiger partial charge in [0.15, 0.2) is 0 Å². The summed E-state index contributed by atoms with van der Waals surface area (Å²) in [5.41, 5.74) is 6.47. The highest BCUT2D eigenvalue weighted by molar-refractivity contribution is 7.15. The monoisotopic (exact) mass is 267 g/mol. The van der Waals surface area contributed by atoms with E-state index in [9.17, 15) is 8.78 Å². The third kappa shape index (κ3) is 2.60. The summed E-state index contributed by atoms with van der Waals surface area (Å²) in [6, 6.07) is 7.32. The molecule has 0 saturated heterocycles. The zero-order valence-electron chi connectivity index (χ0n) is 10.3. The van der Waals surface area contributed by atoms with Crippen molar-refractivity contribution in [3.8, 4) is 10.4 Å². The van der Waals surface area contributed by atoms with Gasteiger partial charge in [0.1, 0.15) is 11.6 Å². The molecule has 2 aromatic rings. The fourth-order valence-electron chi connectivity index (χ4n) is 1.69. The van der Waals surface area contributed by atoms with Crippen LogP contribution in [-0.4, -0.2) is 0 Å². The number of hydrogen-bond donors (Lipinski definition) is 1. The second kappa shape index (κ2) is 5.16. The summed E-state index contributed by atoms with van der Waals surface area (Å²) in [6.45, 7) is 4.09. The molecular weight excluding hydrogens is 252 g/mol. The van der Waals surface area contributed by atoms with Crippen LogP contribution in [0.3, 0.4) is 0 Å². The molecule has 1 heterocycles. The van der Waals surface area contributed by atoms with Crippen LogP contribution in [0.4, 0.5) is 8.78 Å². The van der Waals surface area contributed by atoms with Crippen LogP contribution in [0.1, 0.15) is 24.8 Å². The molecule has 0 bridgehead atoms. The van der Waals surface area contributed by atoms with E-state index in [4.69, 9.17) is 5.73 Å². The van der Waals surface area contributed by atoms with Gasteiger partial charge in [0, 0.05) is 27.4 Å². The van der Waals surface area contributed by atoms with Gasteiger partial charge in [-0.15, -0.1) is 11.3 Å². The first-order valence-electron chi connectivity index (χ1n) is 5.79. The van der Waals surface area contributed by atoms with Crippen molar-refractivity contribution < 1.29 is 8.78 Å². The summed E-state index contributed by atoms with van der Waals surface area (Å²) in [7, 11) is 0. The van der Waals surface area contributed by atoms with Gasteiger partial charge >= 0.3 is 0 Å². The Morgan fingerprint density at radius 2 is 1.83 bits per heavy atom. The topological polar surface area (TPSA) is 26.0 Å². The van der Waals surface area contributed by atoms with E-state index >= 15 is 0 Å². The summed E-state index contributed by atoms with van der Waals surface area (Å²) in [6.07, 6.45) is 0. The van der Waals surface area contributed by atoms with Gasteiger partial charge in [-0.2, -0.15) is 0 Å². The molecule has 0 radical (unpaired) electrons. The molecule has 2 N–H and O–H groups in total. The maximum absolute atomic E-state index is 13.6. The highest BCUT2D eigenvalue weighted by Gasteiger charge is 2.15. The van der Waals surface area contributed by atoms with Gasteiger partial charge < -0.3 is 5.73 Å². The average molecular weight is 267 g/mol. The number of benzene rings is 1. The highest BCUT2D eigenvalue weighted by Crippen LogP contribution is 2.34. The van der Waals surface area contributed by atoms with Crippen molar-refractivity contribution in [3.05, 3.63) is 46.8 Å². The van der Waals surface area contributed by atoms with Crippen molar-refractivity contribution in [1.29, 1.82) is 0 Å². The lowest BCUT2D eigenvalue weighted by Gasteiger charge is -2.12. The maximum atomic E-state index is 13.6. The number of rotatable bonds is 3. The van der Waals surface area contributed by atoms with Crippen LogP contribution in [0.25, 0.3) is 10.4 Å². The molecule has 1 nitrogen and oxygen atoms in total. The Bertz CT molecular complexity index is 548. The van der Waals surface area contributed by atoms with Crippen LogP contribution in [-0.2, 0) is 0 Å². The van der Waals surface area contributed by atoms with E-state index in [1.165, 1.54) is 23.5 Å². The summed E-state index contributed by atoms with van der Waals surface area (Å²) in [4.78, 5) is 1.79. The fourth-order valence-corrected chi connectivity index (χ4v) is 2.90. The van der Waals surface area contributed by atoms with E-state index in [2.05, 4.69) is 0 Å². The van der Waals surface area contributed by atoms with Crippen molar-refractivity contribution in [2.24, 2.45) is 11.7 Å². The molecule has 0 amide bonds. The molecule has 1 atom stereocenters. The number of thiophene rings is 1. The molecule has 0 aliphatic heterocycles. The van der Waals surface area contributed by atoms with E-state index in [-0.39, 0.29) is 6.04 Å². The van der Waals surface area contributed by atoms with Crippen molar-refractivity contribution >= 4 is 11.3 Å². The standard InChI is InChI=1S/C14H15F2NS/c1-8(2)14(17)13-6-5-12(18-13)10-4-3-9(15)7-11(10)16/h3-8,14H,17H2,1-2H3. The van der Waals surface area contributed by atoms with Gasteiger partial charge in [0.05, 0.1) is 0 Å².